The van der Waals surface area contributed by atoms with Gasteiger partial charge in [0.05, 0.1) is 5.56 Å². The van der Waals surface area contributed by atoms with Crippen molar-refractivity contribution in [3.8, 4) is 0 Å². The number of nitrogens with zero attached hydrogens (tertiary/aromatic N) is 1. The van der Waals surface area contributed by atoms with E-state index in [0.717, 1.165) is 15.9 Å². The van der Waals surface area contributed by atoms with Crippen LogP contribution in [0.5, 0.6) is 0 Å². The van der Waals surface area contributed by atoms with E-state index < -0.39 is 12.0 Å². The first-order chi connectivity index (χ1) is 9.49. The van der Waals surface area contributed by atoms with Crippen molar-refractivity contribution in [2.75, 3.05) is 6.54 Å². The number of hydrogen-bond donors (Lipinski definition) is 3. The summed E-state index contributed by atoms with van der Waals surface area (Å²) >= 11 is 0. The zero-order valence-corrected chi connectivity index (χ0v) is 11.4. The van der Waals surface area contributed by atoms with Gasteiger partial charge in [-0.3, -0.25) is 10.2 Å². The quantitative estimate of drug-likeness (QED) is 0.752. The number of rotatable bonds is 3. The van der Waals surface area contributed by atoms with Gasteiger partial charge in [-0.25, -0.2) is 9.80 Å². The second kappa shape index (κ2) is 5.64. The van der Waals surface area contributed by atoms with Crippen LogP contribution in [0.1, 0.15) is 24.2 Å². The van der Waals surface area contributed by atoms with Crippen molar-refractivity contribution in [2.45, 2.75) is 13.8 Å². The van der Waals surface area contributed by atoms with Gasteiger partial charge in [-0.15, -0.1) is 0 Å². The monoisotopic (exact) mass is 275 g/mol. The summed E-state index contributed by atoms with van der Waals surface area (Å²) < 4.78 is 0. The second-order valence-corrected chi connectivity index (χ2v) is 4.98. The number of H-pyrrole nitrogens is 1. The number of benzene rings is 1. The zero-order valence-electron chi connectivity index (χ0n) is 11.4. The Hall–Kier alpha value is -2.50. The highest BCUT2D eigenvalue weighted by molar-refractivity contribution is 6.06. The molecule has 2 rings (SSSR count). The Kier molecular flexibility index (Phi) is 3.93. The van der Waals surface area contributed by atoms with E-state index >= 15 is 0 Å². The number of aromatic amines is 1. The standard InChI is InChI=1S/C14H17N3O3/c1-9(2)8-17(14(19)20)16-13(18)11-7-15-12-6-4-3-5-10(11)12/h3-7,9,15H,8H2,1-2H3,(H,16,18)(H,19,20). The second-order valence-electron chi connectivity index (χ2n) is 4.98. The number of para-hydroxylation sites is 1. The van der Waals surface area contributed by atoms with Crippen LogP contribution in [0.4, 0.5) is 4.79 Å². The van der Waals surface area contributed by atoms with Gasteiger partial charge in [-0.05, 0) is 12.0 Å². The molecular weight excluding hydrogens is 258 g/mol. The van der Waals surface area contributed by atoms with Crippen molar-refractivity contribution in [1.29, 1.82) is 0 Å². The van der Waals surface area contributed by atoms with Crippen LogP contribution in [-0.4, -0.2) is 33.6 Å². The van der Waals surface area contributed by atoms with Gasteiger partial charge in [0.25, 0.3) is 5.91 Å². The molecule has 1 aromatic heterocycles. The number of aromatic nitrogens is 1. The van der Waals surface area contributed by atoms with Crippen molar-refractivity contribution in [3.63, 3.8) is 0 Å². The molecular formula is C14H17N3O3. The molecule has 0 aliphatic carbocycles. The number of amides is 2. The van der Waals surface area contributed by atoms with Gasteiger partial charge in [0.2, 0.25) is 0 Å². The van der Waals surface area contributed by atoms with E-state index in [1.165, 1.54) is 0 Å². The first kappa shape index (κ1) is 13.9. The normalized spacial score (nSPS) is 10.8. The lowest BCUT2D eigenvalue weighted by atomic mass is 10.2. The number of nitrogens with one attached hydrogen (secondary N) is 2. The fourth-order valence-electron chi connectivity index (χ4n) is 1.98. The van der Waals surface area contributed by atoms with E-state index in [9.17, 15) is 9.59 Å². The van der Waals surface area contributed by atoms with Crippen LogP contribution < -0.4 is 5.43 Å². The first-order valence-electron chi connectivity index (χ1n) is 6.36. The van der Waals surface area contributed by atoms with Crippen molar-refractivity contribution < 1.29 is 14.7 Å². The van der Waals surface area contributed by atoms with Gasteiger partial charge < -0.3 is 10.1 Å². The number of hydrogen-bond acceptors (Lipinski definition) is 2. The molecule has 6 heteroatoms. The van der Waals surface area contributed by atoms with E-state index in [4.69, 9.17) is 5.11 Å². The summed E-state index contributed by atoms with van der Waals surface area (Å²) in [6.45, 7) is 4.00. The number of carbonyl (C=O) groups excluding carboxylic acids is 1. The van der Waals surface area contributed by atoms with E-state index in [0.29, 0.717) is 5.56 Å². The Labute approximate surface area is 116 Å². The molecule has 0 saturated carbocycles. The van der Waals surface area contributed by atoms with Gasteiger partial charge in [0.1, 0.15) is 0 Å². The maximum absolute atomic E-state index is 12.2. The summed E-state index contributed by atoms with van der Waals surface area (Å²) in [4.78, 5) is 26.3. The molecule has 0 saturated heterocycles. The van der Waals surface area contributed by atoms with Gasteiger partial charge >= 0.3 is 6.09 Å². The van der Waals surface area contributed by atoms with E-state index in [1.54, 1.807) is 6.20 Å². The molecule has 0 bridgehead atoms. The summed E-state index contributed by atoms with van der Waals surface area (Å²) in [5, 5.41) is 10.8. The third-order valence-corrected chi connectivity index (χ3v) is 2.85. The molecule has 1 aromatic carbocycles. The van der Waals surface area contributed by atoms with Gasteiger partial charge in [0, 0.05) is 23.6 Å². The maximum Gasteiger partial charge on any atom is 0.426 e. The molecule has 0 unspecified atom stereocenters. The highest BCUT2D eigenvalue weighted by atomic mass is 16.4. The van der Waals surface area contributed by atoms with E-state index in [-0.39, 0.29) is 12.5 Å². The van der Waals surface area contributed by atoms with E-state index in [1.807, 2.05) is 38.1 Å². The van der Waals surface area contributed by atoms with Crippen LogP contribution in [0.2, 0.25) is 0 Å². The highest BCUT2D eigenvalue weighted by Crippen LogP contribution is 2.17. The molecule has 0 aliphatic rings. The van der Waals surface area contributed by atoms with Gasteiger partial charge in [-0.2, -0.15) is 0 Å². The Bertz CT molecular complexity index is 633. The van der Waals surface area contributed by atoms with E-state index in [2.05, 4.69) is 10.4 Å². The van der Waals surface area contributed by atoms with Crippen LogP contribution in [0, 0.1) is 5.92 Å². The third kappa shape index (κ3) is 2.90. The fourth-order valence-corrected chi connectivity index (χ4v) is 1.98. The van der Waals surface area contributed by atoms with Gasteiger partial charge in [0.15, 0.2) is 0 Å². The number of fused-ring (bicyclic) bond motifs is 1. The summed E-state index contributed by atoms with van der Waals surface area (Å²) in [7, 11) is 0. The fraction of sp³-hybridized carbons (Fsp3) is 0.286. The van der Waals surface area contributed by atoms with Crippen LogP contribution in [0.25, 0.3) is 10.9 Å². The minimum Gasteiger partial charge on any atom is -0.464 e. The number of hydrazine groups is 1. The minimum absolute atomic E-state index is 0.120. The Morgan fingerprint density at radius 2 is 2.05 bits per heavy atom. The summed E-state index contributed by atoms with van der Waals surface area (Å²) in [6, 6.07) is 7.36. The van der Waals surface area contributed by atoms with Crippen molar-refractivity contribution in [3.05, 3.63) is 36.0 Å². The smallest absolute Gasteiger partial charge is 0.426 e. The lowest BCUT2D eigenvalue weighted by molar-refractivity contribution is 0.0733. The minimum atomic E-state index is -1.17. The molecule has 106 valence electrons. The number of carbonyl (C=O) groups is 2. The summed E-state index contributed by atoms with van der Waals surface area (Å²) in [5.41, 5.74) is 3.68. The molecule has 6 nitrogen and oxygen atoms in total. The van der Waals surface area contributed by atoms with Gasteiger partial charge in [-0.1, -0.05) is 32.0 Å². The van der Waals surface area contributed by atoms with Crippen molar-refractivity contribution in [1.82, 2.24) is 15.4 Å². The van der Waals surface area contributed by atoms with Crippen LogP contribution in [-0.2, 0) is 0 Å². The summed E-state index contributed by atoms with van der Waals surface area (Å²) in [6.07, 6.45) is 0.405. The molecule has 2 amide bonds. The zero-order chi connectivity index (χ0) is 14.7. The topological polar surface area (TPSA) is 85.4 Å². The molecule has 3 N–H and O–H groups in total. The average molecular weight is 275 g/mol. The predicted molar refractivity (Wildman–Crippen MR) is 75.3 cm³/mol. The lowest BCUT2D eigenvalue weighted by Crippen LogP contribution is -2.47. The molecule has 20 heavy (non-hydrogen) atoms. The van der Waals surface area contributed by atoms with Crippen molar-refractivity contribution in [2.24, 2.45) is 5.92 Å². The molecule has 0 fully saturated rings. The number of carboxylic acid groups (broad SMARTS) is 1. The SMILES string of the molecule is CC(C)CN(NC(=O)c1c[nH]c2ccccc12)C(=O)O. The highest BCUT2D eigenvalue weighted by Gasteiger charge is 2.19. The van der Waals surface area contributed by atoms with Crippen LogP contribution in [0.3, 0.4) is 0 Å². The predicted octanol–water partition coefficient (Wildman–Crippen LogP) is 2.45. The molecule has 0 spiro atoms. The molecule has 0 atom stereocenters. The third-order valence-electron chi connectivity index (χ3n) is 2.85. The Balaban J connectivity index is 2.20. The maximum atomic E-state index is 12.2. The lowest BCUT2D eigenvalue weighted by Gasteiger charge is -2.21. The first-order valence-corrected chi connectivity index (χ1v) is 6.36. The van der Waals surface area contributed by atoms with Crippen LogP contribution >= 0.6 is 0 Å². The molecule has 2 aromatic rings. The average Bonchev–Trinajstić information content (AvgIpc) is 2.81. The van der Waals surface area contributed by atoms with Crippen molar-refractivity contribution >= 4 is 22.9 Å². The molecule has 0 aliphatic heterocycles. The molecule has 0 radical (unpaired) electrons. The van der Waals surface area contributed by atoms with Crippen LogP contribution in [0.15, 0.2) is 30.5 Å². The Morgan fingerprint density at radius 1 is 1.35 bits per heavy atom. The summed E-state index contributed by atoms with van der Waals surface area (Å²) in [5.74, 6) is -0.320. The Morgan fingerprint density at radius 3 is 2.70 bits per heavy atom. The largest absolute Gasteiger partial charge is 0.464 e. The molecule has 1 heterocycles.